The molecule has 0 aromatic heterocycles. The molecule has 0 saturated heterocycles. The monoisotopic (exact) mass is 251 g/mol. The molecule has 0 aliphatic rings. The summed E-state index contributed by atoms with van der Waals surface area (Å²) >= 11 is 17.6. The Morgan fingerprint density at radius 2 is 1.71 bits per heavy atom. The molecule has 0 radical (unpaired) electrons. The van der Waals surface area contributed by atoms with E-state index in [0.29, 0.717) is 20.8 Å². The van der Waals surface area contributed by atoms with Crippen molar-refractivity contribution in [3.05, 3.63) is 27.2 Å². The smallest absolute Gasteiger partial charge is 0.192 e. The number of benzene rings is 1. The Morgan fingerprint density at radius 3 is 2.07 bits per heavy atom. The molecule has 1 rings (SSSR count). The Balaban J connectivity index is 3.27. The maximum absolute atomic E-state index is 7.24. The van der Waals surface area contributed by atoms with Crippen molar-refractivity contribution in [2.45, 2.75) is 0 Å². The molecule has 0 amide bonds. The van der Waals surface area contributed by atoms with Gasteiger partial charge in [-0.2, -0.15) is 0 Å². The molecule has 1 aromatic rings. The summed E-state index contributed by atoms with van der Waals surface area (Å²) in [6.45, 7) is 0. The van der Waals surface area contributed by atoms with E-state index in [-0.39, 0.29) is 5.96 Å². The van der Waals surface area contributed by atoms with E-state index in [9.17, 15) is 0 Å². The second kappa shape index (κ2) is 4.26. The summed E-state index contributed by atoms with van der Waals surface area (Å²) in [5, 5.41) is 8.41. The highest BCUT2D eigenvalue weighted by Crippen LogP contribution is 2.35. The molecule has 76 valence electrons. The van der Waals surface area contributed by atoms with Crippen LogP contribution in [-0.4, -0.2) is 13.0 Å². The number of halogens is 3. The first kappa shape index (κ1) is 11.4. The maximum atomic E-state index is 7.24. The van der Waals surface area contributed by atoms with Crippen LogP contribution in [0.4, 0.5) is 5.69 Å². The van der Waals surface area contributed by atoms with Crippen LogP contribution in [0.25, 0.3) is 0 Å². The standard InChI is InChI=1S/C8H8Cl3N3/c1-14(8(12)13)7-5(10)2-4(9)3-6(7)11/h2-3H,1H3,(H3,12,13). The van der Waals surface area contributed by atoms with Gasteiger partial charge in [-0.1, -0.05) is 34.8 Å². The summed E-state index contributed by atoms with van der Waals surface area (Å²) in [5.41, 5.74) is 5.78. The molecule has 0 bridgehead atoms. The van der Waals surface area contributed by atoms with Crippen molar-refractivity contribution >= 4 is 46.4 Å². The molecule has 14 heavy (non-hydrogen) atoms. The van der Waals surface area contributed by atoms with Gasteiger partial charge in [-0.15, -0.1) is 0 Å². The highest BCUT2D eigenvalue weighted by molar-refractivity contribution is 6.42. The fourth-order valence-corrected chi connectivity index (χ4v) is 2.05. The number of anilines is 1. The Hall–Kier alpha value is -0.640. The van der Waals surface area contributed by atoms with E-state index in [4.69, 9.17) is 45.9 Å². The number of hydrogen-bond donors (Lipinski definition) is 2. The number of rotatable bonds is 1. The SMILES string of the molecule is CN(C(=N)N)c1c(Cl)cc(Cl)cc1Cl. The Morgan fingerprint density at radius 1 is 1.29 bits per heavy atom. The molecule has 0 spiro atoms. The van der Waals surface area contributed by atoms with Gasteiger partial charge in [-0.05, 0) is 12.1 Å². The highest BCUT2D eigenvalue weighted by atomic mass is 35.5. The van der Waals surface area contributed by atoms with Crippen LogP contribution >= 0.6 is 34.8 Å². The van der Waals surface area contributed by atoms with Crippen molar-refractivity contribution in [1.82, 2.24) is 0 Å². The highest BCUT2D eigenvalue weighted by Gasteiger charge is 2.13. The van der Waals surface area contributed by atoms with Gasteiger partial charge in [0, 0.05) is 12.1 Å². The van der Waals surface area contributed by atoms with Crippen molar-refractivity contribution in [2.75, 3.05) is 11.9 Å². The van der Waals surface area contributed by atoms with Crippen LogP contribution in [0.2, 0.25) is 15.1 Å². The van der Waals surface area contributed by atoms with Gasteiger partial charge in [-0.3, -0.25) is 5.41 Å². The molecule has 3 N–H and O–H groups in total. The second-order valence-corrected chi connectivity index (χ2v) is 3.91. The van der Waals surface area contributed by atoms with Gasteiger partial charge < -0.3 is 10.6 Å². The molecule has 0 aliphatic heterocycles. The molecule has 0 unspecified atom stereocenters. The van der Waals surface area contributed by atoms with Crippen LogP contribution in [0.1, 0.15) is 0 Å². The van der Waals surface area contributed by atoms with Crippen LogP contribution in [0, 0.1) is 5.41 Å². The molecular weight excluding hydrogens is 244 g/mol. The summed E-state index contributed by atoms with van der Waals surface area (Å²) in [6, 6.07) is 3.09. The minimum Gasteiger partial charge on any atom is -0.370 e. The van der Waals surface area contributed by atoms with Gasteiger partial charge in [0.2, 0.25) is 0 Å². The zero-order valence-electron chi connectivity index (χ0n) is 7.31. The molecule has 1 aromatic carbocycles. The third kappa shape index (κ3) is 2.23. The van der Waals surface area contributed by atoms with Crippen LogP contribution in [0.5, 0.6) is 0 Å². The Bertz CT molecular complexity index is 355. The van der Waals surface area contributed by atoms with Crippen LogP contribution in [0.15, 0.2) is 12.1 Å². The van der Waals surface area contributed by atoms with E-state index in [0.717, 1.165) is 0 Å². The average Bonchev–Trinajstić information content (AvgIpc) is 2.01. The summed E-state index contributed by atoms with van der Waals surface area (Å²) in [5.74, 6) is -0.142. The number of nitrogens with two attached hydrogens (primary N) is 1. The largest absolute Gasteiger partial charge is 0.370 e. The summed E-state index contributed by atoms with van der Waals surface area (Å²) < 4.78 is 0. The molecule has 0 atom stereocenters. The van der Waals surface area contributed by atoms with Crippen LogP contribution in [-0.2, 0) is 0 Å². The van der Waals surface area contributed by atoms with Crippen LogP contribution < -0.4 is 10.6 Å². The number of guanidine groups is 1. The molecular formula is C8H8Cl3N3. The van der Waals surface area contributed by atoms with Gasteiger partial charge in [0.15, 0.2) is 5.96 Å². The lowest BCUT2D eigenvalue weighted by atomic mass is 10.3. The minimum absolute atomic E-state index is 0.142. The van der Waals surface area contributed by atoms with Gasteiger partial charge in [0.05, 0.1) is 15.7 Å². The van der Waals surface area contributed by atoms with E-state index in [1.54, 1.807) is 19.2 Å². The van der Waals surface area contributed by atoms with Crippen molar-refractivity contribution in [1.29, 1.82) is 5.41 Å². The zero-order valence-corrected chi connectivity index (χ0v) is 9.58. The lowest BCUT2D eigenvalue weighted by molar-refractivity contribution is 1.20. The summed E-state index contributed by atoms with van der Waals surface area (Å²) in [7, 11) is 1.60. The molecule has 3 nitrogen and oxygen atoms in total. The number of hydrogen-bond acceptors (Lipinski definition) is 1. The number of nitrogens with one attached hydrogen (secondary N) is 1. The third-order valence-corrected chi connectivity index (χ3v) is 2.47. The predicted octanol–water partition coefficient (Wildman–Crippen LogP) is 2.98. The van der Waals surface area contributed by atoms with Crippen molar-refractivity contribution in [2.24, 2.45) is 5.73 Å². The van der Waals surface area contributed by atoms with Crippen molar-refractivity contribution in [3.8, 4) is 0 Å². The zero-order chi connectivity index (χ0) is 10.9. The van der Waals surface area contributed by atoms with E-state index in [1.807, 2.05) is 0 Å². The normalized spacial score (nSPS) is 10.0. The topological polar surface area (TPSA) is 53.1 Å². The van der Waals surface area contributed by atoms with Gasteiger partial charge >= 0.3 is 0 Å². The van der Waals surface area contributed by atoms with E-state index < -0.39 is 0 Å². The summed E-state index contributed by atoms with van der Waals surface area (Å²) in [6.07, 6.45) is 0. The maximum Gasteiger partial charge on any atom is 0.192 e. The van der Waals surface area contributed by atoms with Crippen LogP contribution in [0.3, 0.4) is 0 Å². The Labute approximate surface area is 96.9 Å². The van der Waals surface area contributed by atoms with Gasteiger partial charge in [0.1, 0.15) is 0 Å². The fraction of sp³-hybridized carbons (Fsp3) is 0.125. The lowest BCUT2D eigenvalue weighted by Gasteiger charge is -2.19. The molecule has 0 aliphatic carbocycles. The van der Waals surface area contributed by atoms with Gasteiger partial charge in [0.25, 0.3) is 0 Å². The van der Waals surface area contributed by atoms with E-state index >= 15 is 0 Å². The van der Waals surface area contributed by atoms with Gasteiger partial charge in [-0.25, -0.2) is 0 Å². The number of nitrogens with zero attached hydrogens (tertiary/aromatic N) is 1. The fourth-order valence-electron chi connectivity index (χ4n) is 0.975. The molecule has 0 heterocycles. The van der Waals surface area contributed by atoms with E-state index in [2.05, 4.69) is 0 Å². The van der Waals surface area contributed by atoms with Crippen molar-refractivity contribution in [3.63, 3.8) is 0 Å². The minimum atomic E-state index is -0.142. The summed E-state index contributed by atoms with van der Waals surface area (Å²) in [4.78, 5) is 1.38. The third-order valence-electron chi connectivity index (χ3n) is 1.68. The quantitative estimate of drug-likeness (QED) is 0.596. The first-order valence-corrected chi connectivity index (χ1v) is 4.79. The Kier molecular flexibility index (Phi) is 3.48. The molecule has 0 saturated carbocycles. The predicted molar refractivity (Wildman–Crippen MR) is 61.8 cm³/mol. The molecule has 6 heteroatoms. The molecule has 0 fully saturated rings. The lowest BCUT2D eigenvalue weighted by Crippen LogP contribution is -2.33. The second-order valence-electron chi connectivity index (χ2n) is 2.66. The van der Waals surface area contributed by atoms with Crippen molar-refractivity contribution < 1.29 is 0 Å². The average molecular weight is 253 g/mol. The first-order chi connectivity index (χ1) is 6.43. The first-order valence-electron chi connectivity index (χ1n) is 3.65. The van der Waals surface area contributed by atoms with E-state index in [1.165, 1.54) is 4.90 Å².